The molecule has 3 nitrogen and oxygen atoms in total. The van der Waals surface area contributed by atoms with Gasteiger partial charge in [-0.3, -0.25) is 0 Å². The SMILES string of the molecule is CCc1nc(Br)cc(Nc2cc(C)cc(F)c2)n1. The van der Waals surface area contributed by atoms with E-state index in [4.69, 9.17) is 0 Å². The highest BCUT2D eigenvalue weighted by Crippen LogP contribution is 2.20. The summed E-state index contributed by atoms with van der Waals surface area (Å²) in [5.41, 5.74) is 1.54. The largest absolute Gasteiger partial charge is 0.340 e. The molecule has 18 heavy (non-hydrogen) atoms. The lowest BCUT2D eigenvalue weighted by molar-refractivity contribution is 0.627. The fraction of sp³-hybridized carbons (Fsp3) is 0.231. The van der Waals surface area contributed by atoms with Crippen molar-refractivity contribution in [2.75, 3.05) is 5.32 Å². The summed E-state index contributed by atoms with van der Waals surface area (Å²) in [7, 11) is 0. The number of hydrogen-bond acceptors (Lipinski definition) is 3. The number of halogens is 2. The number of nitrogens with zero attached hydrogens (tertiary/aromatic N) is 2. The van der Waals surface area contributed by atoms with Crippen LogP contribution in [0, 0.1) is 12.7 Å². The van der Waals surface area contributed by atoms with Crippen LogP contribution in [0.3, 0.4) is 0 Å². The molecule has 2 aromatic rings. The molecule has 0 radical (unpaired) electrons. The normalized spacial score (nSPS) is 10.4. The summed E-state index contributed by atoms with van der Waals surface area (Å²) in [5, 5.41) is 3.08. The fourth-order valence-electron chi connectivity index (χ4n) is 1.64. The molecule has 0 amide bonds. The molecular formula is C13H13BrFN3. The van der Waals surface area contributed by atoms with Gasteiger partial charge in [-0.25, -0.2) is 14.4 Å². The minimum atomic E-state index is -0.263. The van der Waals surface area contributed by atoms with Crippen molar-refractivity contribution in [1.82, 2.24) is 9.97 Å². The van der Waals surface area contributed by atoms with E-state index in [2.05, 4.69) is 31.2 Å². The quantitative estimate of drug-likeness (QED) is 0.871. The maximum Gasteiger partial charge on any atom is 0.135 e. The second kappa shape index (κ2) is 5.44. The molecule has 5 heteroatoms. The van der Waals surface area contributed by atoms with Gasteiger partial charge in [0.2, 0.25) is 0 Å². The van der Waals surface area contributed by atoms with Crippen molar-refractivity contribution in [3.63, 3.8) is 0 Å². The van der Waals surface area contributed by atoms with Crippen LogP contribution in [0.2, 0.25) is 0 Å². The van der Waals surface area contributed by atoms with Gasteiger partial charge in [-0.2, -0.15) is 0 Å². The predicted octanol–water partition coefficient (Wildman–Crippen LogP) is 3.99. The Hall–Kier alpha value is -1.49. The molecule has 94 valence electrons. The number of hydrogen-bond donors (Lipinski definition) is 1. The highest BCUT2D eigenvalue weighted by Gasteiger charge is 2.03. The van der Waals surface area contributed by atoms with Crippen LogP contribution < -0.4 is 5.32 Å². The van der Waals surface area contributed by atoms with Crippen molar-refractivity contribution in [3.8, 4) is 0 Å². The Morgan fingerprint density at radius 2 is 2.00 bits per heavy atom. The number of benzene rings is 1. The van der Waals surface area contributed by atoms with Crippen molar-refractivity contribution in [2.45, 2.75) is 20.3 Å². The summed E-state index contributed by atoms with van der Waals surface area (Å²) in [6.07, 6.45) is 0.746. The molecule has 0 saturated heterocycles. The van der Waals surface area contributed by atoms with E-state index in [9.17, 15) is 4.39 Å². The molecule has 0 unspecified atom stereocenters. The molecule has 0 spiro atoms. The van der Waals surface area contributed by atoms with Crippen LogP contribution in [0.25, 0.3) is 0 Å². The van der Waals surface area contributed by atoms with E-state index >= 15 is 0 Å². The van der Waals surface area contributed by atoms with Crippen molar-refractivity contribution in [2.24, 2.45) is 0 Å². The van der Waals surface area contributed by atoms with Crippen molar-refractivity contribution < 1.29 is 4.39 Å². The van der Waals surface area contributed by atoms with Gasteiger partial charge < -0.3 is 5.32 Å². The highest BCUT2D eigenvalue weighted by molar-refractivity contribution is 9.10. The highest BCUT2D eigenvalue weighted by atomic mass is 79.9. The lowest BCUT2D eigenvalue weighted by Crippen LogP contribution is -2.00. The molecule has 0 saturated carbocycles. The number of anilines is 2. The monoisotopic (exact) mass is 309 g/mol. The summed E-state index contributed by atoms with van der Waals surface area (Å²) in [6.45, 7) is 3.83. The fourth-order valence-corrected chi connectivity index (χ4v) is 2.06. The van der Waals surface area contributed by atoms with Crippen LogP contribution in [-0.2, 0) is 6.42 Å². The van der Waals surface area contributed by atoms with Crippen LogP contribution in [0.5, 0.6) is 0 Å². The van der Waals surface area contributed by atoms with E-state index in [0.717, 1.165) is 17.8 Å². The van der Waals surface area contributed by atoms with Gasteiger partial charge in [0, 0.05) is 18.2 Å². The van der Waals surface area contributed by atoms with Gasteiger partial charge in [-0.1, -0.05) is 6.92 Å². The standard InChI is InChI=1S/C13H13BrFN3/c1-3-12-17-11(14)7-13(18-12)16-10-5-8(2)4-9(15)6-10/h4-7H,3H2,1-2H3,(H,16,17,18). The first-order valence-electron chi connectivity index (χ1n) is 5.64. The molecule has 0 aliphatic rings. The minimum Gasteiger partial charge on any atom is -0.340 e. The molecule has 0 fully saturated rings. The maximum absolute atomic E-state index is 13.3. The van der Waals surface area contributed by atoms with Crippen LogP contribution in [0.4, 0.5) is 15.9 Å². The zero-order chi connectivity index (χ0) is 13.1. The smallest absolute Gasteiger partial charge is 0.135 e. The summed E-state index contributed by atoms with van der Waals surface area (Å²) in [5.74, 6) is 1.13. The minimum absolute atomic E-state index is 0.263. The number of nitrogens with one attached hydrogen (secondary N) is 1. The predicted molar refractivity (Wildman–Crippen MR) is 73.5 cm³/mol. The lowest BCUT2D eigenvalue weighted by Gasteiger charge is -2.08. The summed E-state index contributed by atoms with van der Waals surface area (Å²) in [6, 6.07) is 6.55. The van der Waals surface area contributed by atoms with Crippen LogP contribution in [0.15, 0.2) is 28.9 Å². The lowest BCUT2D eigenvalue weighted by atomic mass is 10.2. The molecule has 1 heterocycles. The Morgan fingerprint density at radius 1 is 1.22 bits per heavy atom. The van der Waals surface area contributed by atoms with Gasteiger partial charge in [0.05, 0.1) is 0 Å². The third kappa shape index (κ3) is 3.26. The molecule has 2 rings (SSSR count). The Bertz CT molecular complexity index is 552. The molecular weight excluding hydrogens is 297 g/mol. The Labute approximate surface area is 114 Å². The van der Waals surface area contributed by atoms with E-state index in [0.29, 0.717) is 16.1 Å². The van der Waals surface area contributed by atoms with E-state index in [1.54, 1.807) is 6.07 Å². The summed E-state index contributed by atoms with van der Waals surface area (Å²) >= 11 is 3.33. The molecule has 1 aromatic heterocycles. The Balaban J connectivity index is 2.30. The average Bonchev–Trinajstić information content (AvgIpc) is 2.26. The second-order valence-corrected chi connectivity index (χ2v) is 4.80. The van der Waals surface area contributed by atoms with E-state index in [-0.39, 0.29) is 5.82 Å². The topological polar surface area (TPSA) is 37.8 Å². The molecule has 1 N–H and O–H groups in total. The third-order valence-corrected chi connectivity index (χ3v) is 2.78. The van der Waals surface area contributed by atoms with Gasteiger partial charge >= 0.3 is 0 Å². The summed E-state index contributed by atoms with van der Waals surface area (Å²) in [4.78, 5) is 8.55. The van der Waals surface area contributed by atoms with Gasteiger partial charge in [0.15, 0.2) is 0 Å². The average molecular weight is 310 g/mol. The summed E-state index contributed by atoms with van der Waals surface area (Å²) < 4.78 is 14.0. The maximum atomic E-state index is 13.3. The molecule has 1 aromatic carbocycles. The molecule has 0 aliphatic carbocycles. The van der Waals surface area contributed by atoms with Gasteiger partial charge in [0.25, 0.3) is 0 Å². The second-order valence-electron chi connectivity index (χ2n) is 3.99. The van der Waals surface area contributed by atoms with Crippen LogP contribution in [0.1, 0.15) is 18.3 Å². The zero-order valence-corrected chi connectivity index (χ0v) is 11.8. The Morgan fingerprint density at radius 3 is 2.67 bits per heavy atom. The van der Waals surface area contributed by atoms with Gasteiger partial charge in [-0.05, 0) is 46.6 Å². The van der Waals surface area contributed by atoms with Crippen molar-refractivity contribution >= 4 is 27.4 Å². The number of rotatable bonds is 3. The van der Waals surface area contributed by atoms with Crippen LogP contribution >= 0.6 is 15.9 Å². The van der Waals surface area contributed by atoms with E-state index in [1.165, 1.54) is 12.1 Å². The van der Waals surface area contributed by atoms with Crippen LogP contribution in [-0.4, -0.2) is 9.97 Å². The first-order valence-corrected chi connectivity index (χ1v) is 6.44. The zero-order valence-electron chi connectivity index (χ0n) is 10.2. The third-order valence-electron chi connectivity index (χ3n) is 2.37. The molecule has 0 bridgehead atoms. The molecule has 0 aliphatic heterocycles. The first kappa shape index (κ1) is 13.0. The number of aryl methyl sites for hydroxylation is 2. The van der Waals surface area contributed by atoms with Crippen molar-refractivity contribution in [3.05, 3.63) is 46.1 Å². The van der Waals surface area contributed by atoms with E-state index in [1.807, 2.05) is 19.9 Å². The van der Waals surface area contributed by atoms with Crippen molar-refractivity contribution in [1.29, 1.82) is 0 Å². The van der Waals surface area contributed by atoms with Gasteiger partial charge in [-0.15, -0.1) is 0 Å². The van der Waals surface area contributed by atoms with Gasteiger partial charge in [0.1, 0.15) is 22.1 Å². The Kier molecular flexibility index (Phi) is 3.91. The number of aromatic nitrogens is 2. The van der Waals surface area contributed by atoms with E-state index < -0.39 is 0 Å². The first-order chi connectivity index (χ1) is 8.56. The molecule has 0 atom stereocenters.